The van der Waals surface area contributed by atoms with Gasteiger partial charge < -0.3 is 0 Å². The molecule has 0 N–H and O–H groups in total. The molecule has 4 aromatic carbocycles. The van der Waals surface area contributed by atoms with Crippen molar-refractivity contribution >= 4 is 10.8 Å². The summed E-state index contributed by atoms with van der Waals surface area (Å²) in [4.78, 5) is 0. The van der Waals surface area contributed by atoms with Crippen LogP contribution in [0.3, 0.4) is 0 Å². The van der Waals surface area contributed by atoms with E-state index in [9.17, 15) is 0 Å². The molecule has 0 spiro atoms. The summed E-state index contributed by atoms with van der Waals surface area (Å²) < 4.78 is 0. The molecular formula is C32H44. The minimum absolute atomic E-state index is 1.03. The Morgan fingerprint density at radius 2 is 0.562 bits per heavy atom. The molecule has 172 valence electrons. The summed E-state index contributed by atoms with van der Waals surface area (Å²) in [6, 6.07) is 37.8. The third kappa shape index (κ3) is 15.0. The van der Waals surface area contributed by atoms with Crippen molar-refractivity contribution in [2.24, 2.45) is 0 Å². The maximum atomic E-state index is 2.16. The van der Waals surface area contributed by atoms with Gasteiger partial charge in [0.1, 0.15) is 0 Å². The van der Waals surface area contributed by atoms with E-state index in [2.05, 4.69) is 151 Å². The number of rotatable bonds is 2. The molecule has 0 radical (unpaired) electrons. The van der Waals surface area contributed by atoms with Gasteiger partial charge in [-0.2, -0.15) is 0 Å². The van der Waals surface area contributed by atoms with E-state index < -0.39 is 0 Å². The molecule has 0 nitrogen and oxygen atoms in total. The molecule has 0 aliphatic heterocycles. The Morgan fingerprint density at radius 1 is 0.344 bits per heavy atom. The number of hydrogen-bond donors (Lipinski definition) is 0. The highest BCUT2D eigenvalue weighted by atomic mass is 14.0. The minimum Gasteiger partial charge on any atom is -0.0656 e. The molecule has 4 rings (SSSR count). The monoisotopic (exact) mass is 428 g/mol. The van der Waals surface area contributed by atoms with Gasteiger partial charge in [0.15, 0.2) is 0 Å². The van der Waals surface area contributed by atoms with E-state index in [0.717, 1.165) is 6.42 Å². The average Bonchev–Trinajstić information content (AvgIpc) is 2.83. The van der Waals surface area contributed by atoms with Gasteiger partial charge in [0.2, 0.25) is 0 Å². The Hall–Kier alpha value is -2.86. The zero-order valence-corrected chi connectivity index (χ0v) is 21.2. The van der Waals surface area contributed by atoms with Crippen molar-refractivity contribution in [1.82, 2.24) is 0 Å². The Bertz CT molecular complexity index is 771. The van der Waals surface area contributed by atoms with Gasteiger partial charge >= 0.3 is 0 Å². The van der Waals surface area contributed by atoms with E-state index in [1.807, 2.05) is 0 Å². The molecule has 0 saturated carbocycles. The Kier molecular flexibility index (Phi) is 19.5. The van der Waals surface area contributed by atoms with Crippen molar-refractivity contribution in [1.29, 1.82) is 0 Å². The van der Waals surface area contributed by atoms with E-state index in [4.69, 9.17) is 0 Å². The zero-order valence-electron chi connectivity index (χ0n) is 21.2. The first kappa shape index (κ1) is 29.1. The lowest BCUT2D eigenvalue weighted by atomic mass is 10.1. The fourth-order valence-corrected chi connectivity index (χ4v) is 2.56. The van der Waals surface area contributed by atoms with Crippen LogP contribution >= 0.6 is 0 Å². The molecule has 32 heavy (non-hydrogen) atoms. The molecule has 4 aromatic rings. The van der Waals surface area contributed by atoms with Gasteiger partial charge in [-0.15, -0.1) is 0 Å². The van der Waals surface area contributed by atoms with E-state index in [1.54, 1.807) is 0 Å². The number of hydrogen-bond acceptors (Lipinski definition) is 0. The fourth-order valence-electron chi connectivity index (χ4n) is 2.56. The molecule has 0 aromatic heterocycles. The second kappa shape index (κ2) is 21.4. The van der Waals surface area contributed by atoms with Crippen LogP contribution in [-0.4, -0.2) is 0 Å². The van der Waals surface area contributed by atoms with Gasteiger partial charge in [-0.25, -0.2) is 0 Å². The second-order valence-electron chi connectivity index (χ2n) is 7.62. The van der Waals surface area contributed by atoms with Crippen LogP contribution in [0.4, 0.5) is 0 Å². The van der Waals surface area contributed by atoms with E-state index in [-0.39, 0.29) is 0 Å². The quantitative estimate of drug-likeness (QED) is 0.298. The van der Waals surface area contributed by atoms with Crippen molar-refractivity contribution in [2.45, 2.75) is 67.2 Å². The maximum absolute atomic E-state index is 2.16. The third-order valence-corrected chi connectivity index (χ3v) is 3.75. The van der Waals surface area contributed by atoms with E-state index in [0.29, 0.717) is 0 Å². The van der Waals surface area contributed by atoms with Gasteiger partial charge in [-0.05, 0) is 28.3 Å². The molecule has 0 heterocycles. The summed E-state index contributed by atoms with van der Waals surface area (Å²) in [6.45, 7) is 12.8. The zero-order chi connectivity index (χ0) is 23.9. The summed E-state index contributed by atoms with van der Waals surface area (Å²) in [7, 11) is 0. The number of benzene rings is 4. The average molecular weight is 429 g/mol. The SMILES string of the molecule is CCC.CCC.CCC.c1ccc(Cc2ccccc2)cc1.c1ccc2ccccc2c1. The highest BCUT2D eigenvalue weighted by molar-refractivity contribution is 5.82. The van der Waals surface area contributed by atoms with Gasteiger partial charge in [0.25, 0.3) is 0 Å². The maximum Gasteiger partial charge on any atom is -0.00258 e. The van der Waals surface area contributed by atoms with Crippen LogP contribution in [0.1, 0.15) is 71.9 Å². The van der Waals surface area contributed by atoms with Gasteiger partial charge in [0.05, 0.1) is 0 Å². The molecule has 0 fully saturated rings. The number of fused-ring (bicyclic) bond motifs is 1. The predicted molar refractivity (Wildman–Crippen MR) is 148 cm³/mol. The third-order valence-electron chi connectivity index (χ3n) is 3.75. The van der Waals surface area contributed by atoms with Crippen LogP contribution in [0.15, 0.2) is 109 Å². The van der Waals surface area contributed by atoms with E-state index >= 15 is 0 Å². The van der Waals surface area contributed by atoms with Crippen molar-refractivity contribution in [2.75, 3.05) is 0 Å². The molecule has 0 amide bonds. The standard InChI is InChI=1S/C13H12.C10H8.3C3H8/c1-3-7-12(8-4-1)11-13-9-5-2-6-10-13;1-2-6-10-8-4-3-7-9(10)5-1;3*1-3-2/h1-10H,11H2;1-8H;3*3H2,1-2H3. The molecule has 0 heteroatoms. The molecule has 0 saturated heterocycles. The first-order chi connectivity index (χ1) is 15.7. The lowest BCUT2D eigenvalue weighted by Crippen LogP contribution is -1.85. The van der Waals surface area contributed by atoms with Crippen molar-refractivity contribution in [3.63, 3.8) is 0 Å². The molecule has 0 bridgehead atoms. The summed E-state index contributed by atoms with van der Waals surface area (Å²) in [6.07, 6.45) is 4.78. The van der Waals surface area contributed by atoms with Gasteiger partial charge in [0, 0.05) is 0 Å². The van der Waals surface area contributed by atoms with Crippen molar-refractivity contribution in [3.8, 4) is 0 Å². The Labute approximate surface area is 198 Å². The predicted octanol–water partition coefficient (Wildman–Crippen LogP) is 10.4. The van der Waals surface area contributed by atoms with Crippen molar-refractivity contribution < 1.29 is 0 Å². The topological polar surface area (TPSA) is 0 Å². The highest BCUT2D eigenvalue weighted by Gasteiger charge is 1.92. The minimum atomic E-state index is 1.03. The highest BCUT2D eigenvalue weighted by Crippen LogP contribution is 2.11. The normalized spacial score (nSPS) is 8.81. The van der Waals surface area contributed by atoms with Gasteiger partial charge in [-0.3, -0.25) is 0 Å². The van der Waals surface area contributed by atoms with Crippen LogP contribution in [0.2, 0.25) is 0 Å². The lowest BCUT2D eigenvalue weighted by molar-refractivity contribution is 1.09. The van der Waals surface area contributed by atoms with Crippen LogP contribution in [0.25, 0.3) is 10.8 Å². The van der Waals surface area contributed by atoms with Crippen LogP contribution in [0, 0.1) is 0 Å². The summed E-state index contributed by atoms with van der Waals surface area (Å²) in [5.41, 5.74) is 2.74. The Balaban J connectivity index is 0.000000448. The smallest absolute Gasteiger partial charge is 0.00258 e. The van der Waals surface area contributed by atoms with Crippen LogP contribution < -0.4 is 0 Å². The largest absolute Gasteiger partial charge is 0.0656 e. The molecule has 0 unspecified atom stereocenters. The molecule has 0 aliphatic rings. The summed E-state index contributed by atoms with van der Waals surface area (Å²) >= 11 is 0. The van der Waals surface area contributed by atoms with E-state index in [1.165, 1.54) is 41.2 Å². The van der Waals surface area contributed by atoms with Crippen LogP contribution in [0.5, 0.6) is 0 Å². The molecular weight excluding hydrogens is 384 g/mol. The lowest BCUT2D eigenvalue weighted by Gasteiger charge is -2.00. The fraction of sp³-hybridized carbons (Fsp3) is 0.312. The first-order valence-electron chi connectivity index (χ1n) is 12.2. The second-order valence-corrected chi connectivity index (χ2v) is 7.62. The summed E-state index contributed by atoms with van der Waals surface area (Å²) in [5.74, 6) is 0. The summed E-state index contributed by atoms with van der Waals surface area (Å²) in [5, 5.41) is 2.62. The van der Waals surface area contributed by atoms with Crippen LogP contribution in [-0.2, 0) is 6.42 Å². The van der Waals surface area contributed by atoms with Gasteiger partial charge in [-0.1, -0.05) is 170 Å². The Morgan fingerprint density at radius 3 is 0.812 bits per heavy atom. The first-order valence-corrected chi connectivity index (χ1v) is 12.2. The van der Waals surface area contributed by atoms with Crippen molar-refractivity contribution in [3.05, 3.63) is 120 Å². The molecule has 0 aliphatic carbocycles. The molecule has 0 atom stereocenters.